The highest BCUT2D eigenvalue weighted by Gasteiger charge is 2.27. The van der Waals surface area contributed by atoms with Crippen LogP contribution in [0.3, 0.4) is 0 Å². The van der Waals surface area contributed by atoms with Crippen molar-refractivity contribution in [3.05, 3.63) is 28.8 Å². The smallest absolute Gasteiger partial charge is 0.255 e. The van der Waals surface area contributed by atoms with Crippen LogP contribution in [0.15, 0.2) is 23.1 Å². The Morgan fingerprint density at radius 2 is 1.83 bits per heavy atom. The molecule has 0 saturated carbocycles. The Labute approximate surface area is 150 Å². The van der Waals surface area contributed by atoms with Crippen LogP contribution in [0.4, 0.5) is 0 Å². The summed E-state index contributed by atoms with van der Waals surface area (Å²) in [6.07, 6.45) is 0. The van der Waals surface area contributed by atoms with Crippen LogP contribution in [-0.4, -0.2) is 65.4 Å². The summed E-state index contributed by atoms with van der Waals surface area (Å²) in [4.78, 5) is 14.3. The summed E-state index contributed by atoms with van der Waals surface area (Å²) in [5, 5.41) is 0.213. The Morgan fingerprint density at radius 3 is 2.38 bits per heavy atom. The van der Waals surface area contributed by atoms with Crippen molar-refractivity contribution in [2.24, 2.45) is 0 Å². The maximum Gasteiger partial charge on any atom is 0.255 e. The number of hydrogen-bond acceptors (Lipinski definition) is 4. The Morgan fingerprint density at radius 1 is 1.25 bits per heavy atom. The number of halogens is 1. The van der Waals surface area contributed by atoms with E-state index in [0.717, 1.165) is 0 Å². The predicted molar refractivity (Wildman–Crippen MR) is 95.3 cm³/mol. The van der Waals surface area contributed by atoms with E-state index in [1.54, 1.807) is 18.7 Å². The van der Waals surface area contributed by atoms with Crippen LogP contribution in [-0.2, 0) is 20.8 Å². The number of hydrogen-bond donors (Lipinski definition) is 0. The van der Waals surface area contributed by atoms with E-state index in [1.807, 2.05) is 0 Å². The number of carbonyl (C=O) groups excluding carboxylic acids is 1. The van der Waals surface area contributed by atoms with Crippen molar-refractivity contribution in [2.75, 3.05) is 37.7 Å². The third-order valence-corrected chi connectivity index (χ3v) is 7.63. The third kappa shape index (κ3) is 3.99. The fourth-order valence-electron chi connectivity index (χ4n) is 2.55. The molecule has 0 bridgehead atoms. The van der Waals surface area contributed by atoms with Gasteiger partial charge in [-0.3, -0.25) is 9.00 Å². The molecule has 0 N–H and O–H groups in total. The summed E-state index contributed by atoms with van der Waals surface area (Å²) < 4.78 is 38.0. The van der Waals surface area contributed by atoms with Gasteiger partial charge in [-0.25, -0.2) is 8.42 Å². The van der Waals surface area contributed by atoms with Crippen LogP contribution >= 0.6 is 11.6 Å². The van der Waals surface area contributed by atoms with E-state index in [9.17, 15) is 17.4 Å². The molecule has 24 heavy (non-hydrogen) atoms. The second-order valence-corrected chi connectivity index (χ2v) is 9.41. The molecule has 9 heteroatoms. The molecule has 134 valence electrons. The number of sulfonamides is 1. The number of amides is 1. The van der Waals surface area contributed by atoms with Gasteiger partial charge in [-0.1, -0.05) is 25.4 Å². The summed E-state index contributed by atoms with van der Waals surface area (Å²) in [7, 11) is -4.55. The molecule has 1 aromatic carbocycles. The fraction of sp³-hybridized carbons (Fsp3) is 0.533. The minimum atomic E-state index is -3.66. The lowest BCUT2D eigenvalue weighted by Gasteiger charge is -2.27. The standard InChI is InChI=1S/C15H21ClN2O4S2/c1-3-18(4-2)24(21,22)12-5-6-14(16)13(11-12)15(19)17-7-9-23(20)10-8-17/h5-6,11H,3-4,7-10H2,1-2H3. The van der Waals surface area contributed by atoms with Gasteiger partial charge in [0.05, 0.1) is 15.5 Å². The van der Waals surface area contributed by atoms with Gasteiger partial charge in [-0.05, 0) is 18.2 Å². The van der Waals surface area contributed by atoms with Crippen LogP contribution in [0.1, 0.15) is 24.2 Å². The maximum absolute atomic E-state index is 12.6. The molecule has 6 nitrogen and oxygen atoms in total. The Bertz CT molecular complexity index is 738. The van der Waals surface area contributed by atoms with Crippen molar-refractivity contribution in [2.45, 2.75) is 18.7 Å². The lowest BCUT2D eigenvalue weighted by Crippen LogP contribution is -2.42. The minimum Gasteiger partial charge on any atom is -0.337 e. The lowest BCUT2D eigenvalue weighted by molar-refractivity contribution is 0.0771. The second kappa shape index (κ2) is 7.95. The van der Waals surface area contributed by atoms with Crippen molar-refractivity contribution >= 4 is 38.3 Å². The molecule has 1 aliphatic rings. The normalized spacial score (nSPS) is 16.6. The van der Waals surface area contributed by atoms with Gasteiger partial charge in [-0.2, -0.15) is 4.31 Å². The van der Waals surface area contributed by atoms with Crippen LogP contribution in [0.5, 0.6) is 0 Å². The molecule has 0 aliphatic carbocycles. The first-order chi connectivity index (χ1) is 11.3. The van der Waals surface area contributed by atoms with Crippen molar-refractivity contribution in [3.8, 4) is 0 Å². The van der Waals surface area contributed by atoms with Crippen LogP contribution in [0.2, 0.25) is 5.02 Å². The van der Waals surface area contributed by atoms with Crippen LogP contribution < -0.4 is 0 Å². The molecule has 0 radical (unpaired) electrons. The molecule has 1 aliphatic heterocycles. The highest BCUT2D eigenvalue weighted by molar-refractivity contribution is 7.89. The number of nitrogens with zero attached hydrogens (tertiary/aromatic N) is 2. The second-order valence-electron chi connectivity index (χ2n) is 5.37. The SMILES string of the molecule is CCN(CC)S(=O)(=O)c1ccc(Cl)c(C(=O)N2CCS(=O)CC2)c1. The average Bonchev–Trinajstić information content (AvgIpc) is 2.56. The molecule has 1 fully saturated rings. The Kier molecular flexibility index (Phi) is 6.41. The third-order valence-electron chi connectivity index (χ3n) is 3.98. The zero-order valence-electron chi connectivity index (χ0n) is 13.7. The molecule has 0 unspecified atom stereocenters. The Hall–Kier alpha value is -0.960. The first-order valence-corrected chi connectivity index (χ1v) is 11.1. The van der Waals surface area contributed by atoms with Crippen molar-refractivity contribution in [3.63, 3.8) is 0 Å². The summed E-state index contributed by atoms with van der Waals surface area (Å²) in [5.74, 6) is 0.537. The molecule has 1 heterocycles. The zero-order chi connectivity index (χ0) is 17.9. The Balaban J connectivity index is 2.35. The van der Waals surface area contributed by atoms with Gasteiger partial charge >= 0.3 is 0 Å². The lowest BCUT2D eigenvalue weighted by atomic mass is 10.2. The molecule has 0 spiro atoms. The first kappa shape index (κ1) is 19.4. The fourth-order valence-corrected chi connectivity index (χ4v) is 5.29. The van der Waals surface area contributed by atoms with Gasteiger partial charge in [0.25, 0.3) is 5.91 Å². The van der Waals surface area contributed by atoms with Crippen molar-refractivity contribution < 1.29 is 17.4 Å². The highest BCUT2D eigenvalue weighted by Crippen LogP contribution is 2.24. The minimum absolute atomic E-state index is 0.0551. The molecule has 0 aromatic heterocycles. The van der Waals surface area contributed by atoms with Gasteiger partial charge in [0, 0.05) is 48.5 Å². The molecule has 0 atom stereocenters. The van der Waals surface area contributed by atoms with E-state index < -0.39 is 20.8 Å². The maximum atomic E-state index is 12.6. The van der Waals surface area contributed by atoms with E-state index >= 15 is 0 Å². The summed E-state index contributed by atoms with van der Waals surface area (Å²) in [5.41, 5.74) is 0.164. The van der Waals surface area contributed by atoms with E-state index in [4.69, 9.17) is 11.6 Å². The number of benzene rings is 1. The topological polar surface area (TPSA) is 74.8 Å². The van der Waals surface area contributed by atoms with E-state index in [-0.39, 0.29) is 21.4 Å². The van der Waals surface area contributed by atoms with Gasteiger partial charge in [-0.15, -0.1) is 0 Å². The molecule has 1 saturated heterocycles. The molecular weight excluding hydrogens is 372 g/mol. The average molecular weight is 393 g/mol. The quantitative estimate of drug-likeness (QED) is 0.762. The first-order valence-electron chi connectivity index (χ1n) is 7.75. The molecular formula is C15H21ClN2O4S2. The molecule has 1 amide bonds. The zero-order valence-corrected chi connectivity index (χ0v) is 16.1. The van der Waals surface area contributed by atoms with E-state index in [1.165, 1.54) is 22.5 Å². The van der Waals surface area contributed by atoms with Crippen LogP contribution in [0.25, 0.3) is 0 Å². The predicted octanol–water partition coefficient (Wildman–Crippen LogP) is 1.58. The molecule has 1 aromatic rings. The number of carbonyl (C=O) groups is 1. The van der Waals surface area contributed by atoms with Gasteiger partial charge in [0.15, 0.2) is 0 Å². The largest absolute Gasteiger partial charge is 0.337 e. The molecule has 2 rings (SSSR count). The summed E-state index contributed by atoms with van der Waals surface area (Å²) >= 11 is 6.12. The van der Waals surface area contributed by atoms with Crippen molar-refractivity contribution in [1.82, 2.24) is 9.21 Å². The van der Waals surface area contributed by atoms with Gasteiger partial charge < -0.3 is 4.90 Å². The monoisotopic (exact) mass is 392 g/mol. The van der Waals surface area contributed by atoms with Gasteiger partial charge in [0.2, 0.25) is 10.0 Å². The number of rotatable bonds is 5. The highest BCUT2D eigenvalue weighted by atomic mass is 35.5. The summed E-state index contributed by atoms with van der Waals surface area (Å²) in [6.45, 7) is 4.99. The van der Waals surface area contributed by atoms with Crippen LogP contribution in [0, 0.1) is 0 Å². The van der Waals surface area contributed by atoms with Crippen molar-refractivity contribution in [1.29, 1.82) is 0 Å². The van der Waals surface area contributed by atoms with E-state index in [2.05, 4.69) is 0 Å². The van der Waals surface area contributed by atoms with Gasteiger partial charge in [0.1, 0.15) is 0 Å². The van der Waals surface area contributed by atoms with E-state index in [0.29, 0.717) is 37.7 Å². The summed E-state index contributed by atoms with van der Waals surface area (Å²) in [6, 6.07) is 4.19.